The molecule has 16 heavy (non-hydrogen) atoms. The molecule has 4 heteroatoms. The molecule has 0 spiro atoms. The van der Waals surface area contributed by atoms with Crippen molar-refractivity contribution < 1.29 is 13.9 Å². The van der Waals surface area contributed by atoms with Crippen LogP contribution in [0.1, 0.15) is 24.5 Å². The second-order valence-corrected chi connectivity index (χ2v) is 4.17. The number of ether oxygens (including phenoxy) is 1. The van der Waals surface area contributed by atoms with E-state index >= 15 is 0 Å². The molecule has 0 aliphatic carbocycles. The van der Waals surface area contributed by atoms with Crippen molar-refractivity contribution >= 4 is 21.9 Å². The summed E-state index contributed by atoms with van der Waals surface area (Å²) >= 11 is 3.29. The Kier molecular flexibility index (Phi) is 5.46. The molecule has 88 valence electrons. The van der Waals surface area contributed by atoms with Gasteiger partial charge in [0, 0.05) is 16.5 Å². The molecule has 1 aromatic carbocycles. The van der Waals surface area contributed by atoms with Crippen molar-refractivity contribution in [1.82, 2.24) is 0 Å². The van der Waals surface area contributed by atoms with Crippen LogP contribution in [0, 0.1) is 0 Å². The molecule has 0 saturated heterocycles. The monoisotopic (exact) mass is 288 g/mol. The molecule has 0 N–H and O–H groups in total. The first-order chi connectivity index (χ1) is 7.69. The predicted octanol–water partition coefficient (Wildman–Crippen LogP) is 3.41. The summed E-state index contributed by atoms with van der Waals surface area (Å²) < 4.78 is 18.3. The quantitative estimate of drug-likeness (QED) is 0.776. The van der Waals surface area contributed by atoms with Gasteiger partial charge in [-0.1, -0.05) is 28.1 Å². The average molecular weight is 289 g/mol. The Morgan fingerprint density at radius 1 is 1.50 bits per heavy atom. The van der Waals surface area contributed by atoms with E-state index in [4.69, 9.17) is 4.74 Å². The topological polar surface area (TPSA) is 26.3 Å². The summed E-state index contributed by atoms with van der Waals surface area (Å²) in [5.74, 6) is -0.243. The highest BCUT2D eigenvalue weighted by Gasteiger charge is 2.08. The predicted molar refractivity (Wildman–Crippen MR) is 63.9 cm³/mol. The zero-order valence-electron chi connectivity index (χ0n) is 9.13. The lowest BCUT2D eigenvalue weighted by Crippen LogP contribution is -2.06. The lowest BCUT2D eigenvalue weighted by molar-refractivity contribution is -0.143. The molecule has 0 heterocycles. The van der Waals surface area contributed by atoms with E-state index in [0.717, 1.165) is 10.0 Å². The molecule has 2 nitrogen and oxygen atoms in total. The third kappa shape index (κ3) is 3.59. The van der Waals surface area contributed by atoms with E-state index < -0.39 is 6.67 Å². The molecule has 0 aromatic heterocycles. The summed E-state index contributed by atoms with van der Waals surface area (Å²) in [7, 11) is 0. The fourth-order valence-electron chi connectivity index (χ4n) is 1.46. The van der Waals surface area contributed by atoms with Gasteiger partial charge < -0.3 is 4.74 Å². The second kappa shape index (κ2) is 6.63. The number of hydrogen-bond donors (Lipinski definition) is 0. The lowest BCUT2D eigenvalue weighted by Gasteiger charge is -2.08. The molecule has 0 unspecified atom stereocenters. The Labute approximate surface area is 103 Å². The van der Waals surface area contributed by atoms with Crippen LogP contribution in [-0.2, 0) is 22.6 Å². The maximum atomic E-state index is 12.8. The van der Waals surface area contributed by atoms with Gasteiger partial charge in [0.2, 0.25) is 0 Å². The highest BCUT2D eigenvalue weighted by atomic mass is 79.9. The zero-order valence-corrected chi connectivity index (χ0v) is 10.7. The average Bonchev–Trinajstić information content (AvgIpc) is 2.27. The number of alkyl halides is 1. The van der Waals surface area contributed by atoms with Crippen LogP contribution in [0.25, 0.3) is 0 Å². The highest BCUT2D eigenvalue weighted by molar-refractivity contribution is 9.10. The minimum Gasteiger partial charge on any atom is -0.466 e. The number of aryl methyl sites for hydroxylation is 1. The van der Waals surface area contributed by atoms with Crippen molar-refractivity contribution in [3.63, 3.8) is 0 Å². The summed E-state index contributed by atoms with van der Waals surface area (Å²) in [6, 6.07) is 5.46. The van der Waals surface area contributed by atoms with Crippen LogP contribution in [0.3, 0.4) is 0 Å². The van der Waals surface area contributed by atoms with Crippen LogP contribution in [0.2, 0.25) is 0 Å². The molecule has 0 radical (unpaired) electrons. The molecular weight excluding hydrogens is 275 g/mol. The largest absolute Gasteiger partial charge is 0.466 e. The van der Waals surface area contributed by atoms with Crippen molar-refractivity contribution in [2.45, 2.75) is 26.4 Å². The SMILES string of the molecule is CCOC(=O)CCc1cccc(Br)c1CF. The molecule has 0 aliphatic rings. The zero-order chi connectivity index (χ0) is 12.0. The van der Waals surface area contributed by atoms with Gasteiger partial charge >= 0.3 is 5.97 Å². The van der Waals surface area contributed by atoms with Gasteiger partial charge in [0.15, 0.2) is 0 Å². The summed E-state index contributed by atoms with van der Waals surface area (Å²) in [6.45, 7) is 1.62. The first-order valence-corrected chi connectivity index (χ1v) is 5.96. The van der Waals surface area contributed by atoms with Gasteiger partial charge in [-0.25, -0.2) is 4.39 Å². The van der Waals surface area contributed by atoms with Crippen LogP contribution in [0.4, 0.5) is 4.39 Å². The van der Waals surface area contributed by atoms with Crippen molar-refractivity contribution in [2.75, 3.05) is 6.61 Å². The van der Waals surface area contributed by atoms with E-state index in [1.54, 1.807) is 13.0 Å². The number of halogens is 2. The van der Waals surface area contributed by atoms with Crippen molar-refractivity contribution in [2.24, 2.45) is 0 Å². The fourth-order valence-corrected chi connectivity index (χ4v) is 1.97. The summed E-state index contributed by atoms with van der Waals surface area (Å²) in [5.41, 5.74) is 1.47. The maximum Gasteiger partial charge on any atom is 0.306 e. The number of hydrogen-bond acceptors (Lipinski definition) is 2. The van der Waals surface area contributed by atoms with Gasteiger partial charge in [-0.2, -0.15) is 0 Å². The van der Waals surface area contributed by atoms with Crippen LogP contribution in [0.15, 0.2) is 22.7 Å². The Balaban J connectivity index is 2.66. The molecule has 0 atom stereocenters. The van der Waals surface area contributed by atoms with Crippen molar-refractivity contribution in [1.29, 1.82) is 0 Å². The van der Waals surface area contributed by atoms with Crippen LogP contribution >= 0.6 is 15.9 Å². The number of esters is 1. The van der Waals surface area contributed by atoms with Gasteiger partial charge in [-0.05, 0) is 25.0 Å². The van der Waals surface area contributed by atoms with Crippen LogP contribution < -0.4 is 0 Å². The normalized spacial score (nSPS) is 10.2. The Bertz CT molecular complexity index is 366. The van der Waals surface area contributed by atoms with Gasteiger partial charge in [0.1, 0.15) is 6.67 Å². The van der Waals surface area contributed by atoms with Crippen LogP contribution in [-0.4, -0.2) is 12.6 Å². The molecule has 0 aliphatic heterocycles. The summed E-state index contributed by atoms with van der Waals surface area (Å²) in [5, 5.41) is 0. The van der Waals surface area contributed by atoms with Gasteiger partial charge in [-0.3, -0.25) is 4.79 Å². The van der Waals surface area contributed by atoms with Gasteiger partial charge in [0.05, 0.1) is 6.61 Å². The smallest absolute Gasteiger partial charge is 0.306 e. The molecular formula is C12H14BrFO2. The number of carbonyl (C=O) groups excluding carboxylic acids is 1. The summed E-state index contributed by atoms with van der Waals surface area (Å²) in [4.78, 5) is 11.2. The van der Waals surface area contributed by atoms with Gasteiger partial charge in [-0.15, -0.1) is 0 Å². The first kappa shape index (κ1) is 13.2. The Morgan fingerprint density at radius 3 is 2.88 bits per heavy atom. The minimum absolute atomic E-state index is 0.243. The van der Waals surface area contributed by atoms with Crippen molar-refractivity contribution in [3.8, 4) is 0 Å². The minimum atomic E-state index is -0.528. The third-order valence-electron chi connectivity index (χ3n) is 2.25. The standard InChI is InChI=1S/C12H14BrFO2/c1-2-16-12(15)7-6-9-4-3-5-11(13)10(9)8-14/h3-5H,2,6-8H2,1H3. The Hall–Kier alpha value is -0.900. The van der Waals surface area contributed by atoms with E-state index in [1.807, 2.05) is 12.1 Å². The first-order valence-electron chi connectivity index (χ1n) is 5.16. The van der Waals surface area contributed by atoms with E-state index in [-0.39, 0.29) is 12.4 Å². The molecule has 1 rings (SSSR count). The van der Waals surface area contributed by atoms with E-state index in [0.29, 0.717) is 18.6 Å². The molecule has 0 fully saturated rings. The third-order valence-corrected chi connectivity index (χ3v) is 3.00. The summed E-state index contributed by atoms with van der Waals surface area (Å²) in [6.07, 6.45) is 0.800. The maximum absolute atomic E-state index is 12.8. The van der Waals surface area contributed by atoms with E-state index in [9.17, 15) is 9.18 Å². The van der Waals surface area contributed by atoms with E-state index in [2.05, 4.69) is 15.9 Å². The van der Waals surface area contributed by atoms with E-state index in [1.165, 1.54) is 0 Å². The molecule has 0 amide bonds. The number of benzene rings is 1. The molecule has 0 saturated carbocycles. The number of carbonyl (C=O) groups is 1. The highest BCUT2D eigenvalue weighted by Crippen LogP contribution is 2.22. The molecule has 0 bridgehead atoms. The number of rotatable bonds is 5. The fraction of sp³-hybridized carbons (Fsp3) is 0.417. The van der Waals surface area contributed by atoms with Crippen LogP contribution in [0.5, 0.6) is 0 Å². The van der Waals surface area contributed by atoms with Crippen molar-refractivity contribution in [3.05, 3.63) is 33.8 Å². The second-order valence-electron chi connectivity index (χ2n) is 3.32. The Morgan fingerprint density at radius 2 is 2.25 bits per heavy atom. The lowest BCUT2D eigenvalue weighted by atomic mass is 10.0. The molecule has 1 aromatic rings. The van der Waals surface area contributed by atoms with Gasteiger partial charge in [0.25, 0.3) is 0 Å².